The van der Waals surface area contributed by atoms with Gasteiger partial charge in [-0.2, -0.15) is 0 Å². The molecule has 11 heteroatoms. The molecule has 0 spiro atoms. The topological polar surface area (TPSA) is 108 Å². The maximum absolute atomic E-state index is 12.8. The van der Waals surface area contributed by atoms with Gasteiger partial charge < -0.3 is 14.6 Å². The third kappa shape index (κ3) is 4.81. The number of ether oxygens (including phenoxy) is 2. The predicted molar refractivity (Wildman–Crippen MR) is 113 cm³/mol. The summed E-state index contributed by atoms with van der Waals surface area (Å²) in [7, 11) is 2.92. The molecule has 1 aromatic carbocycles. The summed E-state index contributed by atoms with van der Waals surface area (Å²) in [6.07, 6.45) is 4.57. The molecule has 1 N–H and O–H groups in total. The number of carboxylic acid groups (broad SMARTS) is 1. The fourth-order valence-electron chi connectivity index (χ4n) is 3.03. The maximum atomic E-state index is 12.8. The smallest absolute Gasteiger partial charge is 0.326 e. The molecule has 0 aliphatic heterocycles. The van der Waals surface area contributed by atoms with E-state index in [-0.39, 0.29) is 25.4 Å². The van der Waals surface area contributed by atoms with E-state index in [1.54, 1.807) is 22.8 Å². The second kappa shape index (κ2) is 10.2. The number of aliphatic carboxylic acids is 1. The Labute approximate surface area is 183 Å². The fourth-order valence-corrected chi connectivity index (χ4v) is 3.20. The molecule has 30 heavy (non-hydrogen) atoms. The predicted octanol–water partition coefficient (Wildman–Crippen LogP) is 2.84. The highest BCUT2D eigenvalue weighted by Crippen LogP contribution is 2.35. The van der Waals surface area contributed by atoms with Gasteiger partial charge in [-0.25, -0.2) is 4.79 Å². The molecule has 0 radical (unpaired) electrons. The quantitative estimate of drug-likeness (QED) is 0.557. The lowest BCUT2D eigenvalue weighted by Crippen LogP contribution is -2.30. The molecular formula is C19H20Cl2N4O5. The zero-order valence-corrected chi connectivity index (χ0v) is 17.8. The van der Waals surface area contributed by atoms with Crippen molar-refractivity contribution >= 4 is 30.0 Å². The summed E-state index contributed by atoms with van der Waals surface area (Å²) in [4.78, 5) is 24.5. The van der Waals surface area contributed by atoms with Crippen LogP contribution in [0.2, 0.25) is 5.02 Å². The van der Waals surface area contributed by atoms with Gasteiger partial charge in [0.05, 0.1) is 19.0 Å². The lowest BCUT2D eigenvalue weighted by molar-refractivity contribution is -0.141. The summed E-state index contributed by atoms with van der Waals surface area (Å²) in [5.41, 5.74) is 1.28. The summed E-state index contributed by atoms with van der Waals surface area (Å²) in [5.74, 6) is -0.809. The number of pyridine rings is 1. The molecule has 1 atom stereocenters. The first kappa shape index (κ1) is 23.4. The molecular weight excluding hydrogens is 435 g/mol. The van der Waals surface area contributed by atoms with Crippen LogP contribution in [0, 0.1) is 0 Å². The molecule has 0 amide bonds. The van der Waals surface area contributed by atoms with Crippen LogP contribution < -0.4 is 10.3 Å². The first-order chi connectivity index (χ1) is 14.0. The molecule has 2 aromatic heterocycles. The number of methoxy groups -OCH3 is 2. The van der Waals surface area contributed by atoms with E-state index < -0.39 is 17.6 Å². The zero-order valence-electron chi connectivity index (χ0n) is 16.2. The van der Waals surface area contributed by atoms with Gasteiger partial charge >= 0.3 is 5.97 Å². The van der Waals surface area contributed by atoms with E-state index >= 15 is 0 Å². The Bertz CT molecular complexity index is 1070. The van der Waals surface area contributed by atoms with Gasteiger partial charge in [0.2, 0.25) is 0 Å². The molecule has 1 unspecified atom stereocenters. The Balaban J connectivity index is 0.00000320. The number of hydrogen-bond donors (Lipinski definition) is 1. The molecule has 9 nitrogen and oxygen atoms in total. The van der Waals surface area contributed by atoms with Crippen molar-refractivity contribution in [1.29, 1.82) is 0 Å². The van der Waals surface area contributed by atoms with Crippen LogP contribution in [0.3, 0.4) is 0 Å². The van der Waals surface area contributed by atoms with Crippen LogP contribution in [0.25, 0.3) is 16.8 Å². The molecule has 0 bridgehead atoms. The minimum atomic E-state index is -1.13. The Hall–Kier alpha value is -2.88. The Morgan fingerprint density at radius 1 is 1.20 bits per heavy atom. The SMILES string of the molecule is COCCC(C(=O)O)n1cc(OC)c(-c2cc(Cl)ccc2-n2cnnc2)cc1=O.Cl. The van der Waals surface area contributed by atoms with E-state index in [2.05, 4.69) is 10.2 Å². The van der Waals surface area contributed by atoms with Crippen LogP contribution in [0.5, 0.6) is 5.75 Å². The van der Waals surface area contributed by atoms with E-state index in [4.69, 9.17) is 21.1 Å². The van der Waals surface area contributed by atoms with Gasteiger partial charge in [-0.3, -0.25) is 13.9 Å². The second-order valence-corrected chi connectivity index (χ2v) is 6.60. The average molecular weight is 455 g/mol. The summed E-state index contributed by atoms with van der Waals surface area (Å²) >= 11 is 6.19. The largest absolute Gasteiger partial charge is 0.495 e. The molecule has 0 aliphatic carbocycles. The van der Waals surface area contributed by atoms with Crippen molar-refractivity contribution in [3.63, 3.8) is 0 Å². The Morgan fingerprint density at radius 2 is 1.90 bits per heavy atom. The molecule has 0 saturated heterocycles. The summed E-state index contributed by atoms with van der Waals surface area (Å²) in [6.45, 7) is 0.194. The highest BCUT2D eigenvalue weighted by molar-refractivity contribution is 6.31. The molecule has 0 aliphatic rings. The van der Waals surface area contributed by atoms with Crippen LogP contribution in [-0.2, 0) is 9.53 Å². The van der Waals surface area contributed by atoms with E-state index in [1.807, 2.05) is 0 Å². The van der Waals surface area contributed by atoms with Gasteiger partial charge in [0.15, 0.2) is 0 Å². The Morgan fingerprint density at radius 3 is 2.50 bits per heavy atom. The number of carboxylic acids is 1. The average Bonchev–Trinajstić information content (AvgIpc) is 3.23. The molecule has 2 heterocycles. The third-order valence-electron chi connectivity index (χ3n) is 4.43. The summed E-state index contributed by atoms with van der Waals surface area (Å²) in [5, 5.41) is 17.6. The molecule has 3 aromatic rings. The molecule has 0 fully saturated rings. The highest BCUT2D eigenvalue weighted by atomic mass is 35.5. The number of aromatic nitrogens is 4. The maximum Gasteiger partial charge on any atom is 0.326 e. The third-order valence-corrected chi connectivity index (χ3v) is 4.66. The molecule has 160 valence electrons. The number of rotatable bonds is 8. The molecule has 3 rings (SSSR count). The van der Waals surface area contributed by atoms with Crippen LogP contribution in [0.4, 0.5) is 0 Å². The van der Waals surface area contributed by atoms with Crippen molar-refractivity contribution in [1.82, 2.24) is 19.3 Å². The minimum absolute atomic E-state index is 0. The molecule has 0 saturated carbocycles. The Kier molecular flexibility index (Phi) is 7.99. The van der Waals surface area contributed by atoms with Gasteiger partial charge in [-0.05, 0) is 18.2 Å². The van der Waals surface area contributed by atoms with Crippen molar-refractivity contribution in [3.8, 4) is 22.6 Å². The van der Waals surface area contributed by atoms with Gasteiger partial charge in [-0.15, -0.1) is 22.6 Å². The minimum Gasteiger partial charge on any atom is -0.495 e. The number of nitrogens with zero attached hydrogens (tertiary/aromatic N) is 4. The lowest BCUT2D eigenvalue weighted by Gasteiger charge is -2.19. The van der Waals surface area contributed by atoms with Gasteiger partial charge in [0.1, 0.15) is 24.4 Å². The van der Waals surface area contributed by atoms with E-state index in [1.165, 1.54) is 39.1 Å². The van der Waals surface area contributed by atoms with Crippen molar-refractivity contribution < 1.29 is 19.4 Å². The van der Waals surface area contributed by atoms with Crippen LogP contribution in [0.15, 0.2) is 47.9 Å². The summed E-state index contributed by atoms with van der Waals surface area (Å²) in [6, 6.07) is 5.42. The van der Waals surface area contributed by atoms with E-state index in [0.717, 1.165) is 4.57 Å². The van der Waals surface area contributed by atoms with Crippen LogP contribution >= 0.6 is 24.0 Å². The van der Waals surface area contributed by atoms with Gasteiger partial charge in [0, 0.05) is 42.4 Å². The standard InChI is InChI=1S/C19H19ClN4O5.ClH/c1-28-6-5-16(19(26)27)24-9-17(29-2)14(8-18(24)25)13-7-12(20)3-4-15(13)23-10-21-22-11-23;/h3-4,7-11,16H,5-6H2,1-2H3,(H,26,27);1H. The number of halogens is 2. The van der Waals surface area contributed by atoms with Gasteiger partial charge in [-0.1, -0.05) is 11.6 Å². The van der Waals surface area contributed by atoms with Crippen LogP contribution in [-0.4, -0.2) is 51.2 Å². The first-order valence-corrected chi connectivity index (χ1v) is 9.01. The number of hydrogen-bond acceptors (Lipinski definition) is 6. The van der Waals surface area contributed by atoms with E-state index in [0.29, 0.717) is 27.6 Å². The van der Waals surface area contributed by atoms with Crippen molar-refractivity contribution in [2.75, 3.05) is 20.8 Å². The van der Waals surface area contributed by atoms with Crippen molar-refractivity contribution in [2.24, 2.45) is 0 Å². The highest BCUT2D eigenvalue weighted by Gasteiger charge is 2.23. The second-order valence-electron chi connectivity index (χ2n) is 6.17. The van der Waals surface area contributed by atoms with Gasteiger partial charge in [0.25, 0.3) is 5.56 Å². The monoisotopic (exact) mass is 454 g/mol. The fraction of sp³-hybridized carbons (Fsp3) is 0.263. The van der Waals surface area contributed by atoms with E-state index in [9.17, 15) is 14.7 Å². The lowest BCUT2D eigenvalue weighted by atomic mass is 10.0. The van der Waals surface area contributed by atoms with Crippen molar-refractivity contribution in [3.05, 3.63) is 58.5 Å². The number of carbonyl (C=O) groups is 1. The van der Waals surface area contributed by atoms with Crippen molar-refractivity contribution in [2.45, 2.75) is 12.5 Å². The van der Waals surface area contributed by atoms with Crippen LogP contribution in [0.1, 0.15) is 12.5 Å². The number of benzene rings is 1. The first-order valence-electron chi connectivity index (χ1n) is 8.63. The zero-order chi connectivity index (χ0) is 21.0. The summed E-state index contributed by atoms with van der Waals surface area (Å²) < 4.78 is 13.2. The normalized spacial score (nSPS) is 11.6.